The van der Waals surface area contributed by atoms with Gasteiger partial charge in [-0.05, 0) is 196 Å². The van der Waals surface area contributed by atoms with E-state index in [2.05, 4.69) is 19.9 Å². The van der Waals surface area contributed by atoms with E-state index in [9.17, 15) is 28.8 Å². The monoisotopic (exact) mass is 1880 g/mol. The van der Waals surface area contributed by atoms with Gasteiger partial charge in [0.2, 0.25) is 0 Å². The highest BCUT2D eigenvalue weighted by Gasteiger charge is 2.65. The van der Waals surface area contributed by atoms with Gasteiger partial charge in [0.25, 0.3) is 0 Å². The van der Waals surface area contributed by atoms with Gasteiger partial charge >= 0.3 is 59.7 Å². The number of hydrogen-bond donors (Lipinski definition) is 0. The number of ketones is 2. The Morgan fingerprint density at radius 2 is 0.710 bits per heavy atom. The summed E-state index contributed by atoms with van der Waals surface area (Å²) in [4.78, 5) is 177. The van der Waals surface area contributed by atoms with Crippen LogP contribution < -0.4 is 0 Å². The summed E-state index contributed by atoms with van der Waals surface area (Å²) in [5.74, 6) is -10.6. The van der Waals surface area contributed by atoms with Crippen LogP contribution in [0.4, 0.5) is 0 Å². The fourth-order valence-corrected chi connectivity index (χ4v) is 20.7. The van der Waals surface area contributed by atoms with Crippen molar-refractivity contribution in [3.8, 4) is 0 Å². The summed E-state index contributed by atoms with van der Waals surface area (Å²) < 4.78 is 109. The van der Waals surface area contributed by atoms with Crippen molar-refractivity contribution in [2.75, 3.05) is 19.8 Å². The van der Waals surface area contributed by atoms with E-state index in [1.807, 2.05) is 13.8 Å². The van der Waals surface area contributed by atoms with E-state index in [1.54, 1.807) is 164 Å². The standard InChI is InChI=1S/C110H110O28/c1-65(62-123-68(4)111)52-55-83(112)66(2)87-84(113)61-82-80-54-53-78-60-79(56-58-109(78,5)81(80)57-59-110(82,87)6)127-107-96(138-106-94(135-104(121)76-48-30-14-31-49-76)91(133-102(119)74-44-26-12-27-45-74)88(67(3)126-106)130-99(116)71-38-20-9-21-39-71)93(90(132-101(118)73-42-24-11-25-43-73)86(128-107)64-125-98(115)70-36-18-8-19-37-70)137-108-95(136-105(122)77-50-32-15-33-51-77)92(134-103(120)75-46-28-13-29-47-75)89(131-100(117)72-40-22-10-23-41-72)85(129-108)63-124-97(114)69-34-16-7-17-35-69/h7-51,53,65-67,79-82,85-96,106-108H,52,54-64H2,1-6H3/t65-,66-,67-,79-,80+,81-,82-,85+,86+,87?,88-,89+,90+,91+,92-,93-,94+,95+,96+,106-,107-,108-,109-,110-/m0/s1. The molecule has 24 atom stereocenters. The second-order valence-corrected chi connectivity index (χ2v) is 36.7. The van der Waals surface area contributed by atoms with Crippen LogP contribution >= 0.6 is 0 Å². The average molecular weight is 1880 g/mol. The molecule has 7 aliphatic rings. The number of ether oxygens (including phenoxy) is 16. The Morgan fingerprint density at radius 3 is 1.11 bits per heavy atom. The molecule has 138 heavy (non-hydrogen) atoms. The third-order valence-electron chi connectivity index (χ3n) is 27.8. The number of hydrogen-bond acceptors (Lipinski definition) is 28. The molecule has 1 unspecified atom stereocenters. The molecule has 0 amide bonds. The molecule has 0 N–H and O–H groups in total. The predicted octanol–water partition coefficient (Wildman–Crippen LogP) is 16.6. The number of allylic oxidation sites excluding steroid dienone is 1. The van der Waals surface area contributed by atoms with Crippen LogP contribution in [0.25, 0.3) is 0 Å². The summed E-state index contributed by atoms with van der Waals surface area (Å²) in [6, 6.07) is 70.0. The number of carbonyl (C=O) groups excluding carboxylic acids is 12. The topological polar surface area (TPSA) is 353 Å². The fourth-order valence-electron chi connectivity index (χ4n) is 20.7. The number of fused-ring (bicyclic) bond motifs is 5. The van der Waals surface area contributed by atoms with Crippen molar-refractivity contribution in [1.29, 1.82) is 0 Å². The summed E-state index contributed by atoms with van der Waals surface area (Å²) in [5, 5.41) is 0. The van der Waals surface area contributed by atoms with Crippen molar-refractivity contribution in [3.63, 3.8) is 0 Å². The average Bonchev–Trinajstić information content (AvgIpc) is 1.50. The molecule has 4 aliphatic carbocycles. The first-order chi connectivity index (χ1) is 66.8. The van der Waals surface area contributed by atoms with Gasteiger partial charge in [-0.3, -0.25) is 14.4 Å². The lowest BCUT2D eigenvalue weighted by Gasteiger charge is -2.58. The highest BCUT2D eigenvalue weighted by atomic mass is 16.8. The van der Waals surface area contributed by atoms with E-state index >= 15 is 28.8 Å². The van der Waals surface area contributed by atoms with Gasteiger partial charge < -0.3 is 75.8 Å². The largest absolute Gasteiger partial charge is 0.466 e. The Balaban J connectivity index is 0.863. The van der Waals surface area contributed by atoms with Gasteiger partial charge in [-0.1, -0.05) is 203 Å². The minimum Gasteiger partial charge on any atom is -0.466 e. The number of carbonyl (C=O) groups is 12. The second kappa shape index (κ2) is 44.3. The van der Waals surface area contributed by atoms with E-state index in [0.29, 0.717) is 32.1 Å². The minimum atomic E-state index is -2.31. The van der Waals surface area contributed by atoms with Gasteiger partial charge in [0.15, 0.2) is 61.6 Å². The third-order valence-corrected chi connectivity index (χ3v) is 27.8. The first-order valence-corrected chi connectivity index (χ1v) is 46.8. The van der Waals surface area contributed by atoms with Gasteiger partial charge in [-0.15, -0.1) is 0 Å². The maximum atomic E-state index is 15.8. The molecule has 3 aliphatic heterocycles. The molecule has 16 rings (SSSR count). The Labute approximate surface area is 798 Å². The van der Waals surface area contributed by atoms with E-state index in [-0.39, 0.29) is 111 Å². The Bertz CT molecular complexity index is 5800. The molecular formula is C110H110O28. The smallest absolute Gasteiger partial charge is 0.338 e. The van der Waals surface area contributed by atoms with Gasteiger partial charge in [0.05, 0.1) is 68.9 Å². The van der Waals surface area contributed by atoms with Crippen molar-refractivity contribution >= 4 is 71.3 Å². The SMILES string of the molecule is CC(=O)OC[C@@H](C)CCC(=O)[C@H](C)C1C(=O)C[C@H]2[C@@H]3CC=C4C[C@@H](O[C@H]5O[C@H](COC(=O)c6ccccc6)[C@@H](OC(=O)c6ccccc6)[C@H](O[C@@H]6O[C@H](COC(=O)c7ccccc7)[C@@H](OC(=O)c7ccccc7)[C@H](OC(=O)c7ccccc7)[C@H]6OC(=O)c6ccccc6)[C@H]5O[C@@H]5O[C@@H](C)[C@H](OC(=O)c6ccccc6)[C@@H](OC(=O)c6ccccc6)[C@H]5OC(=O)c5ccccc5)CC[C@]4(C)[C@H]3CC[C@]12C. The Kier molecular flexibility index (Phi) is 31.4. The van der Waals surface area contributed by atoms with Crippen molar-refractivity contribution in [2.45, 2.75) is 198 Å². The first-order valence-electron chi connectivity index (χ1n) is 46.8. The lowest BCUT2D eigenvalue weighted by Crippen LogP contribution is -2.69. The molecule has 0 aromatic heterocycles. The fraction of sp³-hybridized carbons (Fsp3) is 0.382. The number of rotatable bonds is 33. The van der Waals surface area contributed by atoms with Gasteiger partial charge in [0.1, 0.15) is 49.2 Å². The maximum Gasteiger partial charge on any atom is 0.338 e. The van der Waals surface area contributed by atoms with E-state index in [0.717, 1.165) is 12.0 Å². The zero-order valence-electron chi connectivity index (χ0n) is 77.2. The number of benzene rings is 9. The summed E-state index contributed by atoms with van der Waals surface area (Å²) in [5.41, 5.74) is -0.0672. The zero-order valence-corrected chi connectivity index (χ0v) is 77.2. The van der Waals surface area contributed by atoms with Crippen molar-refractivity contribution in [1.82, 2.24) is 0 Å². The molecule has 0 radical (unpaired) electrons. The second-order valence-electron chi connectivity index (χ2n) is 36.7. The Hall–Kier alpha value is -13.5. The predicted molar refractivity (Wildman–Crippen MR) is 494 cm³/mol. The summed E-state index contributed by atoms with van der Waals surface area (Å²) in [6.45, 7) is 9.54. The van der Waals surface area contributed by atoms with Crippen LogP contribution in [-0.2, 0) is 90.2 Å². The van der Waals surface area contributed by atoms with Gasteiger partial charge in [0, 0.05) is 31.6 Å². The van der Waals surface area contributed by atoms with Crippen LogP contribution in [0.15, 0.2) is 285 Å². The molecular weight excluding hydrogens is 1770 g/mol. The van der Waals surface area contributed by atoms with Gasteiger partial charge in [-0.25, -0.2) is 43.2 Å². The van der Waals surface area contributed by atoms with Gasteiger partial charge in [-0.2, -0.15) is 0 Å². The highest BCUT2D eigenvalue weighted by molar-refractivity contribution is 5.95. The van der Waals surface area contributed by atoms with E-state index < -0.39 is 194 Å². The molecule has 3 saturated heterocycles. The van der Waals surface area contributed by atoms with Crippen LogP contribution in [-0.4, -0.2) is 189 Å². The van der Waals surface area contributed by atoms with Crippen molar-refractivity contribution in [2.24, 2.45) is 46.3 Å². The zero-order chi connectivity index (χ0) is 96.7. The first kappa shape index (κ1) is 97.6. The molecule has 718 valence electrons. The summed E-state index contributed by atoms with van der Waals surface area (Å²) in [6.07, 6.45) is -24.5. The third kappa shape index (κ3) is 22.5. The van der Waals surface area contributed by atoms with E-state index in [1.165, 1.54) is 123 Å². The molecule has 28 heteroatoms. The number of esters is 10. The molecule has 28 nitrogen and oxygen atoms in total. The summed E-state index contributed by atoms with van der Waals surface area (Å²) in [7, 11) is 0. The molecule has 9 aromatic carbocycles. The minimum absolute atomic E-state index is 0.000175. The van der Waals surface area contributed by atoms with Crippen LogP contribution in [0.2, 0.25) is 0 Å². The lowest BCUT2D eigenvalue weighted by atomic mass is 9.47. The Morgan fingerprint density at radius 1 is 0.370 bits per heavy atom. The van der Waals surface area contributed by atoms with Crippen LogP contribution in [0.3, 0.4) is 0 Å². The van der Waals surface area contributed by atoms with Crippen LogP contribution in [0, 0.1) is 46.3 Å². The quantitative estimate of drug-likeness (QED) is 0.0209. The molecule has 9 aromatic rings. The molecule has 6 fully saturated rings. The number of Topliss-reactive ketones (excluding diaryl/α,β-unsaturated/α-hetero) is 2. The van der Waals surface area contributed by atoms with Crippen LogP contribution in [0.1, 0.15) is 193 Å². The maximum absolute atomic E-state index is 15.8. The highest BCUT2D eigenvalue weighted by Crippen LogP contribution is 2.67. The molecule has 3 heterocycles. The molecule has 0 bridgehead atoms. The molecule has 0 spiro atoms. The van der Waals surface area contributed by atoms with Crippen molar-refractivity contribution in [3.05, 3.63) is 335 Å². The molecule has 3 saturated carbocycles. The summed E-state index contributed by atoms with van der Waals surface area (Å²) >= 11 is 0. The lowest BCUT2D eigenvalue weighted by molar-refractivity contribution is -0.392. The van der Waals surface area contributed by atoms with Crippen molar-refractivity contribution < 1.29 is 133 Å². The van der Waals surface area contributed by atoms with Crippen LogP contribution in [0.5, 0.6) is 0 Å². The normalized spacial score (nSPS) is 28.4. The van der Waals surface area contributed by atoms with E-state index in [4.69, 9.17) is 75.8 Å².